The minimum Gasteiger partial charge on any atom is -0.288 e. The lowest BCUT2D eigenvalue weighted by molar-refractivity contribution is 0.0868. The fourth-order valence-electron chi connectivity index (χ4n) is 2.83. The molecule has 0 saturated heterocycles. The summed E-state index contributed by atoms with van der Waals surface area (Å²) >= 11 is 11.1. The Morgan fingerprint density at radius 2 is 2.03 bits per heavy atom. The van der Waals surface area contributed by atoms with Gasteiger partial charge in [0.25, 0.3) is 5.91 Å². The Morgan fingerprint density at radius 3 is 2.77 bits per heavy atom. The van der Waals surface area contributed by atoms with E-state index in [1.165, 1.54) is 24.0 Å². The van der Waals surface area contributed by atoms with Crippen LogP contribution in [0, 0.1) is 6.92 Å². The van der Waals surface area contributed by atoms with Crippen molar-refractivity contribution in [3.8, 4) is 0 Å². The van der Waals surface area contributed by atoms with Crippen LogP contribution < -0.4 is 5.32 Å². The Labute approximate surface area is 178 Å². The number of anilines is 1. The van der Waals surface area contributed by atoms with Crippen LogP contribution in [0.4, 0.5) is 14.7 Å². The molecule has 0 saturated carbocycles. The van der Waals surface area contributed by atoms with Gasteiger partial charge in [0.05, 0.1) is 6.54 Å². The summed E-state index contributed by atoms with van der Waals surface area (Å²) in [6, 6.07) is 9.62. The Kier molecular flexibility index (Phi) is 5.12. The number of hydrogen-bond donors (Lipinski definition) is 1. The SMILES string of the molecule is Cc1cc(C(F)(F)Cl)n2nc(C(=O)Nc3ncn(Cc4cccc(Cl)c4)n3)cc2n1. The summed E-state index contributed by atoms with van der Waals surface area (Å²) in [4.78, 5) is 20.6. The summed E-state index contributed by atoms with van der Waals surface area (Å²) in [5.41, 5.74) is 0.554. The summed E-state index contributed by atoms with van der Waals surface area (Å²) in [6.07, 6.45) is 1.44. The van der Waals surface area contributed by atoms with Crippen LogP contribution in [-0.4, -0.2) is 35.3 Å². The van der Waals surface area contributed by atoms with E-state index in [9.17, 15) is 13.6 Å². The molecule has 1 amide bonds. The first-order chi connectivity index (χ1) is 14.2. The molecule has 0 unspecified atom stereocenters. The fraction of sp³-hybridized carbons (Fsp3) is 0.167. The second-order valence-electron chi connectivity index (χ2n) is 6.43. The first kappa shape index (κ1) is 20.2. The molecule has 0 spiro atoms. The number of nitrogens with zero attached hydrogens (tertiary/aromatic N) is 6. The molecule has 3 heterocycles. The summed E-state index contributed by atoms with van der Waals surface area (Å²) in [6.45, 7) is 1.94. The highest BCUT2D eigenvalue weighted by atomic mass is 35.5. The average Bonchev–Trinajstić information content (AvgIpc) is 3.27. The number of aryl methyl sites for hydroxylation is 1. The van der Waals surface area contributed by atoms with Crippen molar-refractivity contribution in [1.29, 1.82) is 0 Å². The smallest absolute Gasteiger partial charge is 0.288 e. The zero-order valence-electron chi connectivity index (χ0n) is 15.4. The molecule has 0 aliphatic carbocycles. The van der Waals surface area contributed by atoms with Crippen LogP contribution in [-0.2, 0) is 11.9 Å². The number of amides is 1. The molecule has 3 aromatic heterocycles. The van der Waals surface area contributed by atoms with Crippen molar-refractivity contribution in [3.05, 3.63) is 70.4 Å². The first-order valence-electron chi connectivity index (χ1n) is 8.59. The van der Waals surface area contributed by atoms with Gasteiger partial charge in [-0.1, -0.05) is 23.7 Å². The number of halogens is 4. The van der Waals surface area contributed by atoms with Crippen molar-refractivity contribution in [3.63, 3.8) is 0 Å². The van der Waals surface area contributed by atoms with Crippen LogP contribution in [0.2, 0.25) is 5.02 Å². The molecule has 8 nitrogen and oxygen atoms in total. The molecule has 0 aliphatic rings. The second-order valence-corrected chi connectivity index (χ2v) is 7.34. The molecule has 154 valence electrons. The molecule has 0 fully saturated rings. The van der Waals surface area contributed by atoms with Crippen LogP contribution in [0.3, 0.4) is 0 Å². The second kappa shape index (κ2) is 7.62. The van der Waals surface area contributed by atoms with E-state index in [0.29, 0.717) is 17.3 Å². The number of aromatic nitrogens is 6. The lowest BCUT2D eigenvalue weighted by atomic mass is 10.2. The van der Waals surface area contributed by atoms with Gasteiger partial charge in [-0.05, 0) is 42.3 Å². The maximum absolute atomic E-state index is 13.7. The molecule has 30 heavy (non-hydrogen) atoms. The molecule has 1 aromatic carbocycles. The van der Waals surface area contributed by atoms with Gasteiger partial charge in [-0.25, -0.2) is 19.2 Å². The minimum atomic E-state index is -3.67. The number of carbonyl (C=O) groups is 1. The third kappa shape index (κ3) is 4.24. The maximum atomic E-state index is 13.7. The molecule has 1 N–H and O–H groups in total. The molecule has 12 heteroatoms. The van der Waals surface area contributed by atoms with Gasteiger partial charge in [0.15, 0.2) is 11.3 Å². The van der Waals surface area contributed by atoms with Crippen molar-refractivity contribution < 1.29 is 13.6 Å². The summed E-state index contributed by atoms with van der Waals surface area (Å²) in [7, 11) is 0. The summed E-state index contributed by atoms with van der Waals surface area (Å²) in [5, 5.41) is 7.47. The van der Waals surface area contributed by atoms with E-state index in [1.54, 1.807) is 12.1 Å². The molecule has 4 rings (SSSR count). The quantitative estimate of drug-likeness (QED) is 0.465. The van der Waals surface area contributed by atoms with Gasteiger partial charge in [-0.2, -0.15) is 13.9 Å². The Morgan fingerprint density at radius 1 is 1.23 bits per heavy atom. The minimum absolute atomic E-state index is 0.0334. The zero-order valence-corrected chi connectivity index (χ0v) is 16.9. The highest BCUT2D eigenvalue weighted by Crippen LogP contribution is 2.32. The van der Waals surface area contributed by atoms with Crippen molar-refractivity contribution >= 4 is 40.7 Å². The third-order valence-corrected chi connectivity index (χ3v) is 4.50. The van der Waals surface area contributed by atoms with E-state index in [0.717, 1.165) is 16.1 Å². The van der Waals surface area contributed by atoms with Gasteiger partial charge in [0, 0.05) is 16.8 Å². The topological polar surface area (TPSA) is 90.0 Å². The fourth-order valence-corrected chi connectivity index (χ4v) is 3.18. The van der Waals surface area contributed by atoms with Gasteiger partial charge < -0.3 is 0 Å². The molecule has 0 aliphatic heterocycles. The Bertz CT molecular complexity index is 1250. The normalized spacial score (nSPS) is 11.8. The van der Waals surface area contributed by atoms with E-state index in [-0.39, 0.29) is 17.3 Å². The van der Waals surface area contributed by atoms with Crippen molar-refractivity contribution in [2.24, 2.45) is 0 Å². The number of carbonyl (C=O) groups excluding carboxylic acids is 1. The molecule has 0 atom stereocenters. The van der Waals surface area contributed by atoms with Gasteiger partial charge in [-0.3, -0.25) is 10.1 Å². The van der Waals surface area contributed by atoms with Crippen molar-refractivity contribution in [2.75, 3.05) is 5.32 Å². The van der Waals surface area contributed by atoms with Crippen molar-refractivity contribution in [2.45, 2.75) is 18.9 Å². The largest absolute Gasteiger partial charge is 0.364 e. The van der Waals surface area contributed by atoms with E-state index in [2.05, 4.69) is 25.5 Å². The van der Waals surface area contributed by atoms with E-state index in [4.69, 9.17) is 23.2 Å². The van der Waals surface area contributed by atoms with Gasteiger partial charge in [-0.15, -0.1) is 5.10 Å². The van der Waals surface area contributed by atoms with E-state index < -0.39 is 17.0 Å². The number of alkyl halides is 3. The van der Waals surface area contributed by atoms with Crippen molar-refractivity contribution in [1.82, 2.24) is 29.4 Å². The molecule has 4 aromatic rings. The number of nitrogens with one attached hydrogen (secondary N) is 1. The first-order valence-corrected chi connectivity index (χ1v) is 9.34. The number of benzene rings is 1. The Hall–Kier alpha value is -3.11. The standard InChI is InChI=1S/C18H13Cl2F2N7O/c1-10-5-14(18(20,21)22)29-15(24-10)7-13(26-29)16(30)25-17-23-9-28(27-17)8-11-3-2-4-12(19)6-11/h2-7,9H,8H2,1H3,(H,25,27,30). The predicted molar refractivity (Wildman–Crippen MR) is 106 cm³/mol. The van der Waals surface area contributed by atoms with Gasteiger partial charge in [0.2, 0.25) is 5.95 Å². The van der Waals surface area contributed by atoms with E-state index in [1.807, 2.05) is 12.1 Å². The zero-order chi connectivity index (χ0) is 21.5. The molecule has 0 radical (unpaired) electrons. The van der Waals surface area contributed by atoms with Crippen LogP contribution in [0.15, 0.2) is 42.7 Å². The van der Waals surface area contributed by atoms with Crippen LogP contribution in [0.5, 0.6) is 0 Å². The number of rotatable bonds is 5. The highest BCUT2D eigenvalue weighted by molar-refractivity contribution is 6.30. The van der Waals surface area contributed by atoms with Crippen LogP contribution in [0.25, 0.3) is 5.65 Å². The lowest BCUT2D eigenvalue weighted by Gasteiger charge is -2.10. The highest BCUT2D eigenvalue weighted by Gasteiger charge is 2.32. The number of fused-ring (bicyclic) bond motifs is 1. The molecule has 0 bridgehead atoms. The monoisotopic (exact) mass is 451 g/mol. The van der Waals surface area contributed by atoms with Gasteiger partial charge in [0.1, 0.15) is 12.0 Å². The number of hydrogen-bond acceptors (Lipinski definition) is 5. The van der Waals surface area contributed by atoms with Gasteiger partial charge >= 0.3 is 5.38 Å². The average molecular weight is 452 g/mol. The van der Waals surface area contributed by atoms with Crippen LogP contribution in [0.1, 0.15) is 27.4 Å². The molecular weight excluding hydrogens is 439 g/mol. The summed E-state index contributed by atoms with van der Waals surface area (Å²) in [5.74, 6) is -0.645. The molecular formula is C18H13Cl2F2N7O. The Balaban J connectivity index is 1.54. The maximum Gasteiger partial charge on any atom is 0.364 e. The summed E-state index contributed by atoms with van der Waals surface area (Å²) < 4.78 is 29.7. The third-order valence-electron chi connectivity index (χ3n) is 4.07. The van der Waals surface area contributed by atoms with E-state index >= 15 is 0 Å². The predicted octanol–water partition coefficient (Wildman–Crippen LogP) is 3.87. The lowest BCUT2D eigenvalue weighted by Crippen LogP contribution is -2.16. The van der Waals surface area contributed by atoms with Crippen LogP contribution >= 0.6 is 23.2 Å².